The summed E-state index contributed by atoms with van der Waals surface area (Å²) in [6.07, 6.45) is 7.30. The molecule has 0 aliphatic rings. The molecular weight excluding hydrogens is 202 g/mol. The molecule has 3 heteroatoms. The van der Waals surface area contributed by atoms with E-state index < -0.39 is 8.07 Å². The van der Waals surface area contributed by atoms with Crippen LogP contribution in [0.4, 0.5) is 0 Å². The van der Waals surface area contributed by atoms with Gasteiger partial charge in [-0.25, -0.2) is 0 Å². The Kier molecular flexibility index (Phi) is 4.19. The maximum atomic E-state index is 5.60. The zero-order chi connectivity index (χ0) is 11.3. The van der Waals surface area contributed by atoms with Crippen molar-refractivity contribution < 1.29 is 4.74 Å². The lowest BCUT2D eigenvalue weighted by Crippen LogP contribution is -2.22. The quantitative estimate of drug-likeness (QED) is 0.424. The first kappa shape index (κ1) is 12.1. The number of nitrogens with zero attached hydrogens (tertiary/aromatic N) is 1. The van der Waals surface area contributed by atoms with Crippen molar-refractivity contribution in [3.63, 3.8) is 0 Å². The van der Waals surface area contributed by atoms with E-state index in [-0.39, 0.29) is 0 Å². The van der Waals surface area contributed by atoms with Gasteiger partial charge < -0.3 is 9.30 Å². The second-order valence-corrected chi connectivity index (χ2v) is 10.5. The minimum absolute atomic E-state index is 0.566. The number of hydrogen-bond donors (Lipinski definition) is 0. The van der Waals surface area contributed by atoms with Crippen molar-refractivity contribution in [2.75, 3.05) is 6.61 Å². The molecule has 0 radical (unpaired) electrons. The average molecular weight is 221 g/mol. The Morgan fingerprint density at radius 2 is 2.20 bits per heavy atom. The van der Waals surface area contributed by atoms with Crippen molar-refractivity contribution in [1.29, 1.82) is 0 Å². The first-order chi connectivity index (χ1) is 7.03. The monoisotopic (exact) mass is 221 g/mol. The van der Waals surface area contributed by atoms with E-state index >= 15 is 0 Å². The van der Waals surface area contributed by atoms with E-state index in [1.165, 1.54) is 6.04 Å². The summed E-state index contributed by atoms with van der Waals surface area (Å²) in [5.41, 5.74) is 0.878. The van der Waals surface area contributed by atoms with Crippen LogP contribution in [0.2, 0.25) is 25.7 Å². The van der Waals surface area contributed by atoms with Gasteiger partial charge in [0.1, 0.15) is 6.73 Å². The van der Waals surface area contributed by atoms with Crippen LogP contribution in [0.25, 0.3) is 0 Å². The molecule has 0 bridgehead atoms. The molecule has 0 aliphatic heterocycles. The molecule has 0 unspecified atom stereocenters. The third-order valence-electron chi connectivity index (χ3n) is 2.20. The van der Waals surface area contributed by atoms with Crippen molar-refractivity contribution in [3.8, 4) is 12.3 Å². The smallest absolute Gasteiger partial charge is 0.123 e. The van der Waals surface area contributed by atoms with Gasteiger partial charge in [0.2, 0.25) is 0 Å². The Bertz CT molecular complexity index is 343. The lowest BCUT2D eigenvalue weighted by molar-refractivity contribution is 0.0870. The Hall–Kier alpha value is -0.983. The maximum absolute atomic E-state index is 5.60. The van der Waals surface area contributed by atoms with Crippen molar-refractivity contribution >= 4 is 8.07 Å². The standard InChI is InChI=1S/C12H19NOSi/c1-5-12-7-6-8-13(12)11-14-9-10-15(2,3)4/h1,6-8H,9-11H2,2-4H3. The molecule has 1 aromatic heterocycles. The van der Waals surface area contributed by atoms with Crippen LogP contribution in [-0.4, -0.2) is 19.2 Å². The maximum Gasteiger partial charge on any atom is 0.123 e. The average Bonchev–Trinajstić information content (AvgIpc) is 2.58. The number of aromatic nitrogens is 1. The van der Waals surface area contributed by atoms with E-state index in [9.17, 15) is 0 Å². The first-order valence-electron chi connectivity index (χ1n) is 5.22. The van der Waals surface area contributed by atoms with Crippen LogP contribution in [0.5, 0.6) is 0 Å². The summed E-state index contributed by atoms with van der Waals surface area (Å²) in [5.74, 6) is 2.62. The van der Waals surface area contributed by atoms with Crippen molar-refractivity contribution in [3.05, 3.63) is 24.0 Å². The SMILES string of the molecule is C#Cc1cccn1COCC[Si](C)(C)C. The number of rotatable bonds is 5. The molecule has 0 atom stereocenters. The van der Waals surface area contributed by atoms with Crippen LogP contribution in [0, 0.1) is 12.3 Å². The predicted octanol–water partition coefficient (Wildman–Crippen LogP) is 2.78. The molecule has 2 nitrogen and oxygen atoms in total. The van der Waals surface area contributed by atoms with Gasteiger partial charge in [-0.3, -0.25) is 0 Å². The van der Waals surface area contributed by atoms with Gasteiger partial charge >= 0.3 is 0 Å². The largest absolute Gasteiger partial charge is 0.361 e. The number of terminal acetylenes is 1. The van der Waals surface area contributed by atoms with Gasteiger partial charge in [-0.2, -0.15) is 0 Å². The van der Waals surface area contributed by atoms with Gasteiger partial charge in [-0.1, -0.05) is 25.6 Å². The summed E-state index contributed by atoms with van der Waals surface area (Å²) in [4.78, 5) is 0. The van der Waals surface area contributed by atoms with Crippen LogP contribution in [0.1, 0.15) is 5.69 Å². The van der Waals surface area contributed by atoms with Gasteiger partial charge in [0.15, 0.2) is 0 Å². The summed E-state index contributed by atoms with van der Waals surface area (Å²) < 4.78 is 7.55. The highest BCUT2D eigenvalue weighted by Gasteiger charge is 2.11. The number of hydrogen-bond acceptors (Lipinski definition) is 1. The summed E-state index contributed by atoms with van der Waals surface area (Å²) in [5, 5.41) is 0. The highest BCUT2D eigenvalue weighted by Crippen LogP contribution is 2.08. The van der Waals surface area contributed by atoms with E-state index in [2.05, 4.69) is 25.6 Å². The third kappa shape index (κ3) is 4.37. The Morgan fingerprint density at radius 3 is 2.80 bits per heavy atom. The molecule has 1 heterocycles. The Balaban J connectivity index is 2.30. The van der Waals surface area contributed by atoms with Gasteiger partial charge in [-0.15, -0.1) is 6.42 Å². The molecule has 0 saturated carbocycles. The van der Waals surface area contributed by atoms with E-state index in [0.717, 1.165) is 12.3 Å². The first-order valence-corrected chi connectivity index (χ1v) is 8.93. The zero-order valence-electron chi connectivity index (χ0n) is 9.79. The molecule has 1 rings (SSSR count). The minimum atomic E-state index is -0.976. The third-order valence-corrected chi connectivity index (χ3v) is 3.91. The van der Waals surface area contributed by atoms with Crippen LogP contribution in [0.15, 0.2) is 18.3 Å². The normalized spacial score (nSPS) is 11.3. The minimum Gasteiger partial charge on any atom is -0.361 e. The summed E-state index contributed by atoms with van der Waals surface area (Å²) >= 11 is 0. The van der Waals surface area contributed by atoms with Gasteiger partial charge in [0, 0.05) is 20.9 Å². The molecule has 1 aromatic rings. The lowest BCUT2D eigenvalue weighted by atomic mass is 10.4. The molecular formula is C12H19NOSi. The molecule has 0 aliphatic carbocycles. The molecule has 0 saturated heterocycles. The molecule has 15 heavy (non-hydrogen) atoms. The topological polar surface area (TPSA) is 14.2 Å². The number of ether oxygens (including phenoxy) is 1. The molecule has 0 N–H and O–H groups in total. The van der Waals surface area contributed by atoms with Crippen molar-refractivity contribution in [2.24, 2.45) is 0 Å². The van der Waals surface area contributed by atoms with E-state index in [1.54, 1.807) is 0 Å². The lowest BCUT2D eigenvalue weighted by Gasteiger charge is -2.15. The van der Waals surface area contributed by atoms with Crippen molar-refractivity contribution in [2.45, 2.75) is 32.4 Å². The fraction of sp³-hybridized carbons (Fsp3) is 0.500. The van der Waals surface area contributed by atoms with E-state index in [4.69, 9.17) is 11.2 Å². The van der Waals surface area contributed by atoms with Crippen LogP contribution < -0.4 is 0 Å². The summed E-state index contributed by atoms with van der Waals surface area (Å²) in [6.45, 7) is 8.44. The molecule has 0 spiro atoms. The van der Waals surface area contributed by atoms with E-state index in [0.29, 0.717) is 6.73 Å². The Labute approximate surface area is 93.3 Å². The summed E-state index contributed by atoms with van der Waals surface area (Å²) in [6, 6.07) is 5.05. The second-order valence-electron chi connectivity index (χ2n) is 4.86. The van der Waals surface area contributed by atoms with Crippen molar-refractivity contribution in [1.82, 2.24) is 4.57 Å². The van der Waals surface area contributed by atoms with Gasteiger partial charge in [0.05, 0.1) is 5.69 Å². The zero-order valence-corrected chi connectivity index (χ0v) is 10.8. The van der Waals surface area contributed by atoms with Crippen LogP contribution >= 0.6 is 0 Å². The van der Waals surface area contributed by atoms with Gasteiger partial charge in [-0.05, 0) is 18.2 Å². The molecule has 0 aromatic carbocycles. The van der Waals surface area contributed by atoms with Crippen LogP contribution in [0.3, 0.4) is 0 Å². The van der Waals surface area contributed by atoms with Gasteiger partial charge in [0.25, 0.3) is 0 Å². The summed E-state index contributed by atoms with van der Waals surface area (Å²) in [7, 11) is -0.976. The Morgan fingerprint density at radius 1 is 1.47 bits per heavy atom. The van der Waals surface area contributed by atoms with Crippen LogP contribution in [-0.2, 0) is 11.5 Å². The second kappa shape index (κ2) is 5.20. The fourth-order valence-corrected chi connectivity index (χ4v) is 1.96. The predicted molar refractivity (Wildman–Crippen MR) is 66.5 cm³/mol. The van der Waals surface area contributed by atoms with E-state index in [1.807, 2.05) is 22.9 Å². The molecule has 0 fully saturated rings. The fourth-order valence-electron chi connectivity index (χ4n) is 1.20. The highest BCUT2D eigenvalue weighted by molar-refractivity contribution is 6.76. The molecule has 0 amide bonds. The molecule has 82 valence electrons. The highest BCUT2D eigenvalue weighted by atomic mass is 28.3.